The van der Waals surface area contributed by atoms with Gasteiger partial charge in [0.05, 0.1) is 10.6 Å². The van der Waals surface area contributed by atoms with E-state index in [2.05, 4.69) is 10.1 Å². The Bertz CT molecular complexity index is 593. The maximum atomic E-state index is 11.0. The molecule has 0 saturated carbocycles. The van der Waals surface area contributed by atoms with E-state index in [1.54, 1.807) is 16.8 Å². The maximum absolute atomic E-state index is 11.0. The zero-order chi connectivity index (χ0) is 13.3. The SMILES string of the molecule is CC(C)n1ncnc1-c1ccc(Cl)c(C(=O)O)c1. The number of hydrogen-bond donors (Lipinski definition) is 1. The van der Waals surface area contributed by atoms with E-state index in [4.69, 9.17) is 16.7 Å². The van der Waals surface area contributed by atoms with Gasteiger partial charge in [-0.2, -0.15) is 5.10 Å². The summed E-state index contributed by atoms with van der Waals surface area (Å²) in [5.41, 5.74) is 0.746. The fourth-order valence-electron chi connectivity index (χ4n) is 1.66. The van der Waals surface area contributed by atoms with E-state index in [1.807, 2.05) is 13.8 Å². The zero-order valence-corrected chi connectivity index (χ0v) is 10.7. The molecule has 2 aromatic rings. The van der Waals surface area contributed by atoms with Gasteiger partial charge in [-0.3, -0.25) is 0 Å². The molecule has 0 atom stereocenters. The molecule has 6 heteroatoms. The molecule has 0 aliphatic heterocycles. The number of rotatable bonds is 3. The van der Waals surface area contributed by atoms with Crippen molar-refractivity contribution >= 4 is 17.6 Å². The summed E-state index contributed by atoms with van der Waals surface area (Å²) < 4.78 is 1.73. The van der Waals surface area contributed by atoms with Crippen molar-refractivity contribution in [1.82, 2.24) is 14.8 Å². The summed E-state index contributed by atoms with van der Waals surface area (Å²) in [6.45, 7) is 3.96. The molecule has 0 unspecified atom stereocenters. The van der Waals surface area contributed by atoms with Gasteiger partial charge in [-0.15, -0.1) is 0 Å². The van der Waals surface area contributed by atoms with Crippen molar-refractivity contribution < 1.29 is 9.90 Å². The van der Waals surface area contributed by atoms with Crippen LogP contribution in [0.25, 0.3) is 11.4 Å². The van der Waals surface area contributed by atoms with Crippen molar-refractivity contribution in [2.75, 3.05) is 0 Å². The lowest BCUT2D eigenvalue weighted by Gasteiger charge is -2.10. The Morgan fingerprint density at radius 1 is 1.44 bits per heavy atom. The van der Waals surface area contributed by atoms with Crippen LogP contribution in [-0.2, 0) is 0 Å². The van der Waals surface area contributed by atoms with E-state index in [-0.39, 0.29) is 16.6 Å². The van der Waals surface area contributed by atoms with Gasteiger partial charge in [0, 0.05) is 11.6 Å². The topological polar surface area (TPSA) is 68.0 Å². The molecule has 18 heavy (non-hydrogen) atoms. The molecule has 0 fully saturated rings. The summed E-state index contributed by atoms with van der Waals surface area (Å²) in [6.07, 6.45) is 1.45. The lowest BCUT2D eigenvalue weighted by molar-refractivity contribution is 0.0697. The van der Waals surface area contributed by atoms with Crippen molar-refractivity contribution in [3.05, 3.63) is 35.1 Å². The smallest absolute Gasteiger partial charge is 0.337 e. The van der Waals surface area contributed by atoms with Gasteiger partial charge < -0.3 is 5.11 Å². The molecule has 1 N–H and O–H groups in total. The summed E-state index contributed by atoms with van der Waals surface area (Å²) >= 11 is 5.83. The Kier molecular flexibility index (Phi) is 3.34. The first-order valence-electron chi connectivity index (χ1n) is 5.43. The quantitative estimate of drug-likeness (QED) is 0.926. The van der Waals surface area contributed by atoms with E-state index < -0.39 is 5.97 Å². The summed E-state index contributed by atoms with van der Waals surface area (Å²) in [4.78, 5) is 15.2. The van der Waals surface area contributed by atoms with Gasteiger partial charge >= 0.3 is 5.97 Å². The minimum atomic E-state index is -1.06. The van der Waals surface area contributed by atoms with Gasteiger partial charge in [-0.25, -0.2) is 14.5 Å². The normalized spacial score (nSPS) is 10.9. The second-order valence-corrected chi connectivity index (χ2v) is 4.53. The number of carbonyl (C=O) groups is 1. The summed E-state index contributed by atoms with van der Waals surface area (Å²) in [5.74, 6) is -0.429. The molecule has 0 spiro atoms. The highest BCUT2D eigenvalue weighted by molar-refractivity contribution is 6.33. The minimum absolute atomic E-state index is 0.0625. The third kappa shape index (κ3) is 2.22. The summed E-state index contributed by atoms with van der Waals surface area (Å²) in [5, 5.41) is 13.4. The van der Waals surface area contributed by atoms with Crippen molar-refractivity contribution in [1.29, 1.82) is 0 Å². The Hall–Kier alpha value is -1.88. The van der Waals surface area contributed by atoms with Crippen LogP contribution in [0.2, 0.25) is 5.02 Å². The van der Waals surface area contributed by atoms with Crippen molar-refractivity contribution in [2.45, 2.75) is 19.9 Å². The van der Waals surface area contributed by atoms with E-state index in [0.717, 1.165) is 0 Å². The first-order valence-corrected chi connectivity index (χ1v) is 5.81. The molecule has 0 radical (unpaired) electrons. The van der Waals surface area contributed by atoms with Gasteiger partial charge in [0.1, 0.15) is 6.33 Å². The average Bonchev–Trinajstić information content (AvgIpc) is 2.78. The molecule has 1 heterocycles. The van der Waals surface area contributed by atoms with Crippen molar-refractivity contribution in [3.63, 3.8) is 0 Å². The highest BCUT2D eigenvalue weighted by atomic mass is 35.5. The van der Waals surface area contributed by atoms with E-state index >= 15 is 0 Å². The molecule has 0 bridgehead atoms. The van der Waals surface area contributed by atoms with Crippen LogP contribution in [0.15, 0.2) is 24.5 Å². The molecule has 0 aliphatic carbocycles. The van der Waals surface area contributed by atoms with Gasteiger partial charge in [-0.1, -0.05) is 11.6 Å². The molecule has 1 aromatic carbocycles. The number of halogens is 1. The Balaban J connectivity index is 2.54. The van der Waals surface area contributed by atoms with Crippen LogP contribution in [0.3, 0.4) is 0 Å². The number of carboxylic acids is 1. The molecule has 0 saturated heterocycles. The third-order valence-electron chi connectivity index (χ3n) is 2.52. The molecule has 0 amide bonds. The standard InChI is InChI=1S/C12H12ClN3O2/c1-7(2)16-11(14-6-15-16)8-3-4-10(13)9(5-8)12(17)18/h3-7H,1-2H3,(H,17,18). The Morgan fingerprint density at radius 2 is 2.17 bits per heavy atom. The molecule has 94 valence electrons. The first-order chi connectivity index (χ1) is 8.50. The van der Waals surface area contributed by atoms with Gasteiger partial charge in [0.2, 0.25) is 0 Å². The molecule has 5 nitrogen and oxygen atoms in total. The van der Waals surface area contributed by atoms with Crippen LogP contribution in [0.1, 0.15) is 30.2 Å². The lowest BCUT2D eigenvalue weighted by Crippen LogP contribution is -2.06. The van der Waals surface area contributed by atoms with Crippen molar-refractivity contribution in [3.8, 4) is 11.4 Å². The number of aromatic carboxylic acids is 1. The van der Waals surface area contributed by atoms with Gasteiger partial charge in [0.25, 0.3) is 0 Å². The second kappa shape index (κ2) is 4.78. The summed E-state index contributed by atoms with van der Waals surface area (Å²) in [6, 6.07) is 4.94. The predicted molar refractivity (Wildman–Crippen MR) is 67.8 cm³/mol. The summed E-state index contributed by atoms with van der Waals surface area (Å²) in [7, 11) is 0. The number of hydrogen-bond acceptors (Lipinski definition) is 3. The number of carboxylic acid groups (broad SMARTS) is 1. The van der Waals surface area contributed by atoms with Crippen LogP contribution in [0, 0.1) is 0 Å². The molecule has 1 aromatic heterocycles. The third-order valence-corrected chi connectivity index (χ3v) is 2.85. The molecular weight excluding hydrogens is 254 g/mol. The largest absolute Gasteiger partial charge is 0.478 e. The minimum Gasteiger partial charge on any atom is -0.478 e. The lowest BCUT2D eigenvalue weighted by atomic mass is 10.1. The van der Waals surface area contributed by atoms with Crippen LogP contribution in [0.4, 0.5) is 0 Å². The predicted octanol–water partition coefficient (Wildman–Crippen LogP) is 2.88. The van der Waals surface area contributed by atoms with Gasteiger partial charge in [0.15, 0.2) is 5.82 Å². The molecular formula is C12H12ClN3O2. The number of nitrogens with zero attached hydrogens (tertiary/aromatic N) is 3. The average molecular weight is 266 g/mol. The van der Waals surface area contributed by atoms with Crippen molar-refractivity contribution in [2.24, 2.45) is 0 Å². The first kappa shape index (κ1) is 12.6. The fourth-order valence-corrected chi connectivity index (χ4v) is 1.86. The van der Waals surface area contributed by atoms with Crippen LogP contribution in [0.5, 0.6) is 0 Å². The number of aromatic nitrogens is 3. The second-order valence-electron chi connectivity index (χ2n) is 4.12. The van der Waals surface area contributed by atoms with E-state index in [1.165, 1.54) is 12.4 Å². The van der Waals surface area contributed by atoms with Gasteiger partial charge in [-0.05, 0) is 32.0 Å². The fraction of sp³-hybridized carbons (Fsp3) is 0.250. The van der Waals surface area contributed by atoms with Crippen LogP contribution >= 0.6 is 11.6 Å². The van der Waals surface area contributed by atoms with Crippen LogP contribution in [-0.4, -0.2) is 25.8 Å². The highest BCUT2D eigenvalue weighted by Crippen LogP contribution is 2.25. The highest BCUT2D eigenvalue weighted by Gasteiger charge is 2.14. The zero-order valence-electron chi connectivity index (χ0n) is 9.96. The monoisotopic (exact) mass is 265 g/mol. The van der Waals surface area contributed by atoms with E-state index in [0.29, 0.717) is 11.4 Å². The maximum Gasteiger partial charge on any atom is 0.337 e. The molecule has 2 rings (SSSR count). The Morgan fingerprint density at radius 3 is 2.78 bits per heavy atom. The van der Waals surface area contributed by atoms with Crippen LogP contribution < -0.4 is 0 Å². The number of benzene rings is 1. The Labute approximate surface area is 109 Å². The molecule has 0 aliphatic rings. The van der Waals surface area contributed by atoms with E-state index in [9.17, 15) is 4.79 Å².